The zero-order chi connectivity index (χ0) is 16.9. The Labute approximate surface area is 143 Å². The molecule has 2 fully saturated rings. The van der Waals surface area contributed by atoms with Crippen LogP contribution in [0.3, 0.4) is 0 Å². The topological polar surface area (TPSA) is 44.4 Å². The summed E-state index contributed by atoms with van der Waals surface area (Å²) in [6, 6.07) is 5.81. The minimum absolute atomic E-state index is 0.0269. The molecule has 1 aromatic rings. The van der Waals surface area contributed by atoms with Gasteiger partial charge in [0.15, 0.2) is 0 Å². The maximum atomic E-state index is 13.6. The molecule has 2 amide bonds. The van der Waals surface area contributed by atoms with Crippen LogP contribution < -0.4 is 10.6 Å². The van der Waals surface area contributed by atoms with E-state index in [9.17, 15) is 9.18 Å². The van der Waals surface area contributed by atoms with E-state index in [0.717, 1.165) is 51.0 Å². The Balaban J connectivity index is 1.38. The SMILES string of the molecule is Cc1ccc(CN2CCC(CNC(=O)NC3CCCC3)C2)cc1F. The fraction of sp³-hybridized carbons (Fsp3) is 0.632. The zero-order valence-electron chi connectivity index (χ0n) is 14.5. The van der Waals surface area contributed by atoms with Gasteiger partial charge in [-0.25, -0.2) is 9.18 Å². The van der Waals surface area contributed by atoms with Gasteiger partial charge in [0.2, 0.25) is 0 Å². The predicted molar refractivity (Wildman–Crippen MR) is 93.3 cm³/mol. The molecule has 0 bridgehead atoms. The molecule has 1 aliphatic heterocycles. The Bertz CT molecular complexity index is 572. The van der Waals surface area contributed by atoms with E-state index in [0.29, 0.717) is 17.5 Å². The fourth-order valence-corrected chi connectivity index (χ4v) is 3.76. The number of hydrogen-bond acceptors (Lipinski definition) is 2. The highest BCUT2D eigenvalue weighted by atomic mass is 19.1. The summed E-state index contributed by atoms with van der Waals surface area (Å²) >= 11 is 0. The highest BCUT2D eigenvalue weighted by Crippen LogP contribution is 2.20. The van der Waals surface area contributed by atoms with Gasteiger partial charge in [0.05, 0.1) is 0 Å². The molecule has 0 spiro atoms. The van der Waals surface area contributed by atoms with Gasteiger partial charge in [0, 0.05) is 25.7 Å². The van der Waals surface area contributed by atoms with Crippen molar-refractivity contribution in [3.05, 3.63) is 35.1 Å². The predicted octanol–water partition coefficient (Wildman–Crippen LogP) is 3.20. The van der Waals surface area contributed by atoms with Crippen molar-refractivity contribution in [2.45, 2.75) is 51.6 Å². The number of carbonyl (C=O) groups excluding carboxylic acids is 1. The number of rotatable bonds is 5. The summed E-state index contributed by atoms with van der Waals surface area (Å²) in [5, 5.41) is 6.08. The molecule has 132 valence electrons. The van der Waals surface area contributed by atoms with Crippen molar-refractivity contribution in [1.29, 1.82) is 0 Å². The van der Waals surface area contributed by atoms with Crippen molar-refractivity contribution in [3.8, 4) is 0 Å². The van der Waals surface area contributed by atoms with E-state index in [4.69, 9.17) is 0 Å². The largest absolute Gasteiger partial charge is 0.338 e. The summed E-state index contributed by atoms with van der Waals surface area (Å²) in [7, 11) is 0. The summed E-state index contributed by atoms with van der Waals surface area (Å²) in [5.41, 5.74) is 1.71. The van der Waals surface area contributed by atoms with E-state index in [1.165, 1.54) is 12.8 Å². The molecule has 2 aliphatic rings. The molecule has 1 unspecified atom stereocenters. The standard InChI is InChI=1S/C19H28FN3O/c1-14-6-7-15(10-18(14)20)12-23-9-8-16(13-23)11-21-19(24)22-17-4-2-3-5-17/h6-7,10,16-17H,2-5,8-9,11-13H2,1H3,(H2,21,22,24). The van der Waals surface area contributed by atoms with Crippen molar-refractivity contribution in [3.63, 3.8) is 0 Å². The lowest BCUT2D eigenvalue weighted by Crippen LogP contribution is -2.42. The first-order valence-electron chi connectivity index (χ1n) is 9.12. The number of hydrogen-bond donors (Lipinski definition) is 2. The molecule has 1 saturated carbocycles. The number of amides is 2. The van der Waals surface area contributed by atoms with Gasteiger partial charge < -0.3 is 10.6 Å². The molecule has 1 heterocycles. The number of carbonyl (C=O) groups is 1. The number of benzene rings is 1. The van der Waals surface area contributed by atoms with Crippen LogP contribution >= 0.6 is 0 Å². The van der Waals surface area contributed by atoms with Crippen LogP contribution in [-0.2, 0) is 6.54 Å². The first-order valence-corrected chi connectivity index (χ1v) is 9.12. The maximum Gasteiger partial charge on any atom is 0.315 e. The second-order valence-electron chi connectivity index (χ2n) is 7.31. The number of halogens is 1. The molecule has 0 radical (unpaired) electrons. The lowest BCUT2D eigenvalue weighted by molar-refractivity contribution is 0.234. The molecule has 1 atom stereocenters. The van der Waals surface area contributed by atoms with Gasteiger partial charge in [-0.2, -0.15) is 0 Å². The highest BCUT2D eigenvalue weighted by molar-refractivity contribution is 5.74. The maximum absolute atomic E-state index is 13.6. The van der Waals surface area contributed by atoms with E-state index < -0.39 is 0 Å². The van der Waals surface area contributed by atoms with Gasteiger partial charge in [0.1, 0.15) is 5.82 Å². The number of aryl methyl sites for hydroxylation is 1. The van der Waals surface area contributed by atoms with Gasteiger partial charge in [0.25, 0.3) is 0 Å². The summed E-state index contributed by atoms with van der Waals surface area (Å²) in [6.45, 7) is 5.25. The quantitative estimate of drug-likeness (QED) is 0.869. The third-order valence-electron chi connectivity index (χ3n) is 5.25. The fourth-order valence-electron chi connectivity index (χ4n) is 3.76. The average Bonchev–Trinajstić information content (AvgIpc) is 3.21. The summed E-state index contributed by atoms with van der Waals surface area (Å²) in [4.78, 5) is 14.3. The normalized spacial score (nSPS) is 22.0. The van der Waals surface area contributed by atoms with Crippen molar-refractivity contribution < 1.29 is 9.18 Å². The van der Waals surface area contributed by atoms with Crippen LogP contribution in [0, 0.1) is 18.7 Å². The Kier molecular flexibility index (Phi) is 5.72. The van der Waals surface area contributed by atoms with Crippen molar-refractivity contribution in [2.75, 3.05) is 19.6 Å². The van der Waals surface area contributed by atoms with Gasteiger partial charge >= 0.3 is 6.03 Å². The van der Waals surface area contributed by atoms with E-state index >= 15 is 0 Å². The van der Waals surface area contributed by atoms with Gasteiger partial charge in [-0.05, 0) is 55.8 Å². The molecule has 0 aromatic heterocycles. The number of likely N-dealkylation sites (tertiary alicyclic amines) is 1. The minimum Gasteiger partial charge on any atom is -0.338 e. The first-order chi connectivity index (χ1) is 11.6. The van der Waals surface area contributed by atoms with Crippen LogP contribution in [0.15, 0.2) is 18.2 Å². The smallest absolute Gasteiger partial charge is 0.315 e. The van der Waals surface area contributed by atoms with Crippen molar-refractivity contribution in [2.24, 2.45) is 5.92 Å². The van der Waals surface area contributed by atoms with Gasteiger partial charge in [-0.15, -0.1) is 0 Å². The third kappa shape index (κ3) is 4.69. The molecule has 3 rings (SSSR count). The molecule has 1 aliphatic carbocycles. The highest BCUT2D eigenvalue weighted by Gasteiger charge is 2.23. The third-order valence-corrected chi connectivity index (χ3v) is 5.25. The Morgan fingerprint density at radius 3 is 2.83 bits per heavy atom. The minimum atomic E-state index is -0.131. The Hall–Kier alpha value is -1.62. The van der Waals surface area contributed by atoms with Crippen LogP contribution in [0.4, 0.5) is 9.18 Å². The molecular formula is C19H28FN3O. The summed E-state index contributed by atoms with van der Waals surface area (Å²) < 4.78 is 13.6. The first kappa shape index (κ1) is 17.2. The van der Waals surface area contributed by atoms with E-state index in [2.05, 4.69) is 15.5 Å². The number of urea groups is 1. The summed E-state index contributed by atoms with van der Waals surface area (Å²) in [6.07, 6.45) is 5.75. The van der Waals surface area contributed by atoms with Crippen LogP contribution in [-0.4, -0.2) is 36.6 Å². The lowest BCUT2D eigenvalue weighted by Gasteiger charge is -2.17. The zero-order valence-corrected chi connectivity index (χ0v) is 14.5. The van der Waals surface area contributed by atoms with E-state index in [1.54, 1.807) is 13.0 Å². The molecule has 4 nitrogen and oxygen atoms in total. The molecule has 1 saturated heterocycles. The second kappa shape index (κ2) is 7.97. The van der Waals surface area contributed by atoms with Crippen LogP contribution in [0.25, 0.3) is 0 Å². The lowest BCUT2D eigenvalue weighted by atomic mass is 10.1. The van der Waals surface area contributed by atoms with Crippen molar-refractivity contribution >= 4 is 6.03 Å². The number of nitrogens with one attached hydrogen (secondary N) is 2. The molecule has 2 N–H and O–H groups in total. The molecule has 24 heavy (non-hydrogen) atoms. The second-order valence-corrected chi connectivity index (χ2v) is 7.31. The van der Waals surface area contributed by atoms with Gasteiger partial charge in [-0.3, -0.25) is 4.90 Å². The van der Waals surface area contributed by atoms with Gasteiger partial charge in [-0.1, -0.05) is 25.0 Å². The monoisotopic (exact) mass is 333 g/mol. The Morgan fingerprint density at radius 1 is 1.29 bits per heavy atom. The Morgan fingerprint density at radius 2 is 2.08 bits per heavy atom. The van der Waals surface area contributed by atoms with Crippen LogP contribution in [0.2, 0.25) is 0 Å². The molecule has 1 aromatic carbocycles. The van der Waals surface area contributed by atoms with Crippen LogP contribution in [0.1, 0.15) is 43.2 Å². The number of nitrogens with zero attached hydrogens (tertiary/aromatic N) is 1. The summed E-state index contributed by atoms with van der Waals surface area (Å²) in [5.74, 6) is 0.350. The van der Waals surface area contributed by atoms with Crippen LogP contribution in [0.5, 0.6) is 0 Å². The van der Waals surface area contributed by atoms with E-state index in [1.807, 2.05) is 12.1 Å². The van der Waals surface area contributed by atoms with E-state index in [-0.39, 0.29) is 11.8 Å². The molecule has 5 heteroatoms. The average molecular weight is 333 g/mol. The molecular weight excluding hydrogens is 305 g/mol. The van der Waals surface area contributed by atoms with Crippen molar-refractivity contribution in [1.82, 2.24) is 15.5 Å².